The van der Waals surface area contributed by atoms with Crippen molar-refractivity contribution in [3.05, 3.63) is 59.7 Å². The minimum Gasteiger partial charge on any atom is -0.508 e. The number of carbonyl (C=O) groups is 1. The Morgan fingerprint density at radius 1 is 1.08 bits per heavy atom. The van der Waals surface area contributed by atoms with Crippen molar-refractivity contribution in [2.45, 2.75) is 31.2 Å². The molecular formula is C20H21NO3. The number of fused-ring (bicyclic) bond motifs is 1. The molecule has 2 aromatic rings. The van der Waals surface area contributed by atoms with Crippen LogP contribution in [0.5, 0.6) is 11.5 Å². The minimum absolute atomic E-state index is 0.0408. The fourth-order valence-corrected chi connectivity index (χ4v) is 4.47. The molecule has 0 bridgehead atoms. The summed E-state index contributed by atoms with van der Waals surface area (Å²) in [4.78, 5) is 15.0. The molecule has 1 saturated heterocycles. The van der Waals surface area contributed by atoms with Crippen molar-refractivity contribution in [1.29, 1.82) is 0 Å². The summed E-state index contributed by atoms with van der Waals surface area (Å²) in [6.45, 7) is 0.730. The van der Waals surface area contributed by atoms with Gasteiger partial charge in [0.05, 0.1) is 11.1 Å². The average Bonchev–Trinajstić information content (AvgIpc) is 2.57. The van der Waals surface area contributed by atoms with E-state index >= 15 is 0 Å². The Morgan fingerprint density at radius 2 is 1.88 bits per heavy atom. The van der Waals surface area contributed by atoms with Gasteiger partial charge in [-0.3, -0.25) is 4.79 Å². The molecule has 2 fully saturated rings. The van der Waals surface area contributed by atoms with Crippen LogP contribution >= 0.6 is 0 Å². The van der Waals surface area contributed by atoms with Crippen LogP contribution < -0.4 is 0 Å². The molecule has 0 radical (unpaired) electrons. The summed E-state index contributed by atoms with van der Waals surface area (Å²) in [6, 6.07) is 14.4. The molecule has 2 atom stereocenters. The number of benzene rings is 2. The topological polar surface area (TPSA) is 60.8 Å². The second-order valence-corrected chi connectivity index (χ2v) is 6.85. The van der Waals surface area contributed by atoms with Crippen LogP contribution in [0.1, 0.15) is 41.6 Å². The van der Waals surface area contributed by atoms with Crippen LogP contribution in [-0.4, -0.2) is 27.6 Å². The zero-order valence-electron chi connectivity index (χ0n) is 13.5. The lowest BCUT2D eigenvalue weighted by atomic mass is 9.61. The maximum Gasteiger partial charge on any atom is 0.258 e. The predicted molar refractivity (Wildman–Crippen MR) is 90.9 cm³/mol. The number of rotatable bonds is 2. The quantitative estimate of drug-likeness (QED) is 0.887. The molecule has 2 aromatic carbocycles. The van der Waals surface area contributed by atoms with E-state index in [2.05, 4.69) is 12.1 Å². The van der Waals surface area contributed by atoms with Gasteiger partial charge < -0.3 is 15.1 Å². The summed E-state index contributed by atoms with van der Waals surface area (Å²) in [5, 5.41) is 19.5. The van der Waals surface area contributed by atoms with Crippen molar-refractivity contribution >= 4 is 5.91 Å². The Morgan fingerprint density at radius 3 is 2.58 bits per heavy atom. The molecule has 1 saturated carbocycles. The van der Waals surface area contributed by atoms with Gasteiger partial charge in [-0.15, -0.1) is 0 Å². The van der Waals surface area contributed by atoms with Crippen LogP contribution in [0.2, 0.25) is 0 Å². The van der Waals surface area contributed by atoms with Crippen LogP contribution in [0.3, 0.4) is 0 Å². The van der Waals surface area contributed by atoms with Crippen molar-refractivity contribution in [3.63, 3.8) is 0 Å². The lowest BCUT2D eigenvalue weighted by Gasteiger charge is -2.61. The van der Waals surface area contributed by atoms with E-state index < -0.39 is 0 Å². The molecule has 2 aliphatic rings. The zero-order valence-corrected chi connectivity index (χ0v) is 13.5. The van der Waals surface area contributed by atoms with Crippen LogP contribution in [0, 0.1) is 5.92 Å². The molecule has 4 rings (SSSR count). The molecule has 1 heterocycles. The van der Waals surface area contributed by atoms with Crippen LogP contribution in [0.25, 0.3) is 0 Å². The summed E-state index contributed by atoms with van der Waals surface area (Å²) in [7, 11) is 0. The highest BCUT2D eigenvalue weighted by Crippen LogP contribution is 2.54. The first-order valence-corrected chi connectivity index (χ1v) is 8.52. The summed E-state index contributed by atoms with van der Waals surface area (Å²) in [6.07, 6.45) is 4.43. The van der Waals surface area contributed by atoms with Gasteiger partial charge in [-0.1, -0.05) is 43.2 Å². The highest BCUT2D eigenvalue weighted by Gasteiger charge is 2.57. The third-order valence-corrected chi connectivity index (χ3v) is 5.65. The number of phenolic OH excluding ortho intramolecular Hbond substituents is 2. The maximum absolute atomic E-state index is 13.1. The van der Waals surface area contributed by atoms with Gasteiger partial charge in [0.15, 0.2) is 0 Å². The minimum atomic E-state index is -0.249. The monoisotopic (exact) mass is 323 g/mol. The third kappa shape index (κ3) is 2.09. The molecule has 124 valence electrons. The maximum atomic E-state index is 13.1. The largest absolute Gasteiger partial charge is 0.508 e. The fraction of sp³-hybridized carbons (Fsp3) is 0.350. The second-order valence-electron chi connectivity index (χ2n) is 6.85. The van der Waals surface area contributed by atoms with Gasteiger partial charge in [0.25, 0.3) is 5.91 Å². The van der Waals surface area contributed by atoms with E-state index in [4.69, 9.17) is 0 Å². The Bertz CT molecular complexity index is 774. The molecule has 4 nitrogen and oxygen atoms in total. The summed E-state index contributed by atoms with van der Waals surface area (Å²) < 4.78 is 0. The van der Waals surface area contributed by atoms with Crippen LogP contribution in [0.15, 0.2) is 48.5 Å². The fourth-order valence-electron chi connectivity index (χ4n) is 4.47. The molecule has 1 amide bonds. The third-order valence-electron chi connectivity index (χ3n) is 5.65. The molecular weight excluding hydrogens is 302 g/mol. The Balaban J connectivity index is 1.73. The lowest BCUT2D eigenvalue weighted by Crippen LogP contribution is -2.67. The van der Waals surface area contributed by atoms with Gasteiger partial charge in [-0.25, -0.2) is 0 Å². The number of amides is 1. The van der Waals surface area contributed by atoms with Gasteiger partial charge in [0.2, 0.25) is 0 Å². The Labute approximate surface area is 141 Å². The molecule has 0 spiro atoms. The van der Waals surface area contributed by atoms with Crippen molar-refractivity contribution in [2.24, 2.45) is 5.92 Å². The molecule has 2 N–H and O–H groups in total. The molecule has 4 heteroatoms. The molecule has 0 aromatic heterocycles. The zero-order chi connectivity index (χ0) is 16.7. The number of hydrogen-bond acceptors (Lipinski definition) is 3. The van der Waals surface area contributed by atoms with Crippen LogP contribution in [-0.2, 0) is 5.54 Å². The summed E-state index contributed by atoms with van der Waals surface area (Å²) in [5.41, 5.74) is 1.20. The van der Waals surface area contributed by atoms with Gasteiger partial charge in [-0.05, 0) is 30.5 Å². The Kier molecular flexibility index (Phi) is 3.48. The highest BCUT2D eigenvalue weighted by molar-refractivity contribution is 5.98. The second kappa shape index (κ2) is 5.55. The first-order valence-electron chi connectivity index (χ1n) is 8.52. The molecule has 24 heavy (non-hydrogen) atoms. The first kappa shape index (κ1) is 15.1. The summed E-state index contributed by atoms with van der Waals surface area (Å²) in [5.74, 6) is 0.120. The highest BCUT2D eigenvalue weighted by atomic mass is 16.3. The van der Waals surface area contributed by atoms with Gasteiger partial charge in [-0.2, -0.15) is 0 Å². The average molecular weight is 323 g/mol. The van der Waals surface area contributed by atoms with E-state index in [0.29, 0.717) is 5.92 Å². The van der Waals surface area contributed by atoms with E-state index in [9.17, 15) is 15.0 Å². The predicted octanol–water partition coefficient (Wildman–Crippen LogP) is 3.64. The number of nitrogens with zero attached hydrogens (tertiary/aromatic N) is 1. The SMILES string of the molecule is O=C(c1ccc(O)cc1O)N1CC2CCCCC21c1ccccc1. The Hall–Kier alpha value is -2.49. The van der Waals surface area contributed by atoms with Crippen molar-refractivity contribution in [2.75, 3.05) is 6.54 Å². The van der Waals surface area contributed by atoms with Crippen LogP contribution in [0.4, 0.5) is 0 Å². The summed E-state index contributed by atoms with van der Waals surface area (Å²) >= 11 is 0. The molecule has 1 aliphatic heterocycles. The van der Waals surface area contributed by atoms with E-state index in [1.807, 2.05) is 23.1 Å². The van der Waals surface area contributed by atoms with Gasteiger partial charge in [0, 0.05) is 18.5 Å². The van der Waals surface area contributed by atoms with E-state index in [1.54, 1.807) is 0 Å². The number of phenols is 2. The van der Waals surface area contributed by atoms with Crippen molar-refractivity contribution in [1.82, 2.24) is 4.90 Å². The van der Waals surface area contributed by atoms with Crippen molar-refractivity contribution < 1.29 is 15.0 Å². The first-order chi connectivity index (χ1) is 11.6. The number of aromatic hydroxyl groups is 2. The molecule has 2 unspecified atom stereocenters. The number of likely N-dealkylation sites (tertiary alicyclic amines) is 1. The number of carbonyl (C=O) groups excluding carboxylic acids is 1. The smallest absolute Gasteiger partial charge is 0.258 e. The van der Waals surface area contributed by atoms with Gasteiger partial charge in [0.1, 0.15) is 11.5 Å². The van der Waals surface area contributed by atoms with E-state index in [0.717, 1.165) is 25.8 Å². The number of hydrogen-bond donors (Lipinski definition) is 2. The normalized spacial score (nSPS) is 25.7. The van der Waals surface area contributed by atoms with Gasteiger partial charge >= 0.3 is 0 Å². The van der Waals surface area contributed by atoms with E-state index in [1.165, 1.54) is 30.2 Å². The van der Waals surface area contributed by atoms with E-state index in [-0.39, 0.29) is 28.5 Å². The molecule has 1 aliphatic carbocycles. The standard InChI is InChI=1S/C20H21NO3/c22-16-9-10-17(18(23)12-16)19(24)21-13-15-8-4-5-11-20(15,21)14-6-2-1-3-7-14/h1-3,6-7,9-10,12,15,22-23H,4-5,8,11,13H2. The van der Waals surface area contributed by atoms with Crippen molar-refractivity contribution in [3.8, 4) is 11.5 Å². The lowest BCUT2D eigenvalue weighted by molar-refractivity contribution is -0.0869.